The first-order chi connectivity index (χ1) is 10.1. The van der Waals surface area contributed by atoms with E-state index in [4.69, 9.17) is 0 Å². The minimum absolute atomic E-state index is 0. The van der Waals surface area contributed by atoms with E-state index in [2.05, 4.69) is 5.32 Å². The third-order valence-electron chi connectivity index (χ3n) is 3.26. The molecule has 0 atom stereocenters. The second-order valence-corrected chi connectivity index (χ2v) is 4.90. The zero-order valence-corrected chi connectivity index (χ0v) is 12.8. The monoisotopic (exact) mass is 325 g/mol. The average molecular weight is 326 g/mol. The third-order valence-corrected chi connectivity index (χ3v) is 3.26. The van der Waals surface area contributed by atoms with Gasteiger partial charge in [0.15, 0.2) is 23.0 Å². The molecule has 0 saturated heterocycles. The number of phenolic OH excluding ortho intramolecular Hbond substituents is 4. The van der Waals surface area contributed by atoms with E-state index >= 15 is 0 Å². The van der Waals surface area contributed by atoms with Gasteiger partial charge in [0, 0.05) is 0 Å². The van der Waals surface area contributed by atoms with E-state index in [1.807, 2.05) is 0 Å². The standard InChI is InChI=1S/C16H19NO4.ClH/c18-13-3-1-11(9-15(13)20)5-7-17-8-6-12-2-4-14(19)16(21)10-12;/h1-4,9-10,17-21H,5-8H2;1H. The molecule has 0 bridgehead atoms. The Kier molecular flexibility index (Phi) is 6.82. The largest absolute Gasteiger partial charge is 0.504 e. The van der Waals surface area contributed by atoms with E-state index in [0.29, 0.717) is 0 Å². The summed E-state index contributed by atoms with van der Waals surface area (Å²) in [6.07, 6.45) is 1.49. The molecular formula is C16H20ClNO4. The molecule has 0 aromatic heterocycles. The highest BCUT2D eigenvalue weighted by Crippen LogP contribution is 2.25. The normalized spacial score (nSPS) is 10.2. The minimum Gasteiger partial charge on any atom is -0.504 e. The van der Waals surface area contributed by atoms with E-state index in [1.165, 1.54) is 12.1 Å². The maximum Gasteiger partial charge on any atom is 0.157 e. The van der Waals surface area contributed by atoms with E-state index in [0.717, 1.165) is 37.1 Å². The number of hydrogen-bond acceptors (Lipinski definition) is 5. The lowest BCUT2D eigenvalue weighted by molar-refractivity contribution is 0.403. The highest BCUT2D eigenvalue weighted by Gasteiger charge is 2.02. The summed E-state index contributed by atoms with van der Waals surface area (Å²) >= 11 is 0. The fourth-order valence-electron chi connectivity index (χ4n) is 2.04. The summed E-state index contributed by atoms with van der Waals surface area (Å²) < 4.78 is 0. The fraction of sp³-hybridized carbons (Fsp3) is 0.250. The van der Waals surface area contributed by atoms with Crippen molar-refractivity contribution < 1.29 is 20.4 Å². The molecule has 0 heterocycles. The van der Waals surface area contributed by atoms with Crippen molar-refractivity contribution in [2.75, 3.05) is 13.1 Å². The van der Waals surface area contributed by atoms with Crippen LogP contribution in [0.15, 0.2) is 36.4 Å². The Morgan fingerprint density at radius 2 is 1.05 bits per heavy atom. The Morgan fingerprint density at radius 3 is 1.41 bits per heavy atom. The van der Waals surface area contributed by atoms with Crippen LogP contribution >= 0.6 is 12.4 Å². The van der Waals surface area contributed by atoms with Crippen molar-refractivity contribution >= 4 is 12.4 Å². The zero-order valence-electron chi connectivity index (χ0n) is 12.0. The topological polar surface area (TPSA) is 93.0 Å². The lowest BCUT2D eigenvalue weighted by Crippen LogP contribution is -2.20. The zero-order chi connectivity index (χ0) is 15.2. The molecule has 22 heavy (non-hydrogen) atoms. The van der Waals surface area contributed by atoms with E-state index in [1.54, 1.807) is 24.3 Å². The van der Waals surface area contributed by atoms with E-state index in [-0.39, 0.29) is 35.4 Å². The predicted molar refractivity (Wildman–Crippen MR) is 87.1 cm³/mol. The van der Waals surface area contributed by atoms with Crippen LogP contribution in [0.4, 0.5) is 0 Å². The molecule has 0 aliphatic heterocycles. The molecule has 2 rings (SSSR count). The predicted octanol–water partition coefficient (Wildman–Crippen LogP) is 2.31. The second-order valence-electron chi connectivity index (χ2n) is 4.90. The van der Waals surface area contributed by atoms with Gasteiger partial charge in [0.1, 0.15) is 0 Å². The maximum atomic E-state index is 9.39. The molecule has 0 saturated carbocycles. The van der Waals surface area contributed by atoms with Gasteiger partial charge in [0.2, 0.25) is 0 Å². The number of aromatic hydroxyl groups is 4. The molecule has 0 radical (unpaired) electrons. The molecular weight excluding hydrogens is 306 g/mol. The number of hydrogen-bond donors (Lipinski definition) is 5. The number of phenols is 4. The number of nitrogens with one attached hydrogen (secondary N) is 1. The molecule has 0 spiro atoms. The number of rotatable bonds is 6. The van der Waals surface area contributed by atoms with Crippen LogP contribution in [0.25, 0.3) is 0 Å². The number of halogens is 1. The quantitative estimate of drug-likeness (QED) is 0.415. The van der Waals surface area contributed by atoms with Crippen molar-refractivity contribution in [1.29, 1.82) is 0 Å². The lowest BCUT2D eigenvalue weighted by Gasteiger charge is -2.07. The summed E-state index contributed by atoms with van der Waals surface area (Å²) in [6, 6.07) is 9.60. The van der Waals surface area contributed by atoms with Crippen LogP contribution in [-0.2, 0) is 12.8 Å². The first kappa shape index (κ1) is 17.9. The van der Waals surface area contributed by atoms with Gasteiger partial charge in [0.25, 0.3) is 0 Å². The first-order valence-corrected chi connectivity index (χ1v) is 6.78. The summed E-state index contributed by atoms with van der Waals surface area (Å²) in [5.41, 5.74) is 1.89. The lowest BCUT2D eigenvalue weighted by atomic mass is 10.1. The van der Waals surface area contributed by atoms with E-state index < -0.39 is 0 Å². The SMILES string of the molecule is Cl.Oc1ccc(CCNCCc2ccc(O)c(O)c2)cc1O. The van der Waals surface area contributed by atoms with Gasteiger partial charge in [-0.25, -0.2) is 0 Å². The first-order valence-electron chi connectivity index (χ1n) is 6.78. The van der Waals surface area contributed by atoms with Crippen molar-refractivity contribution in [3.63, 3.8) is 0 Å². The van der Waals surface area contributed by atoms with Gasteiger partial charge in [-0.05, 0) is 61.3 Å². The van der Waals surface area contributed by atoms with Crippen LogP contribution in [-0.4, -0.2) is 33.5 Å². The van der Waals surface area contributed by atoms with Crippen molar-refractivity contribution in [3.05, 3.63) is 47.5 Å². The van der Waals surface area contributed by atoms with Crippen LogP contribution in [0.3, 0.4) is 0 Å². The third kappa shape index (κ3) is 5.02. The van der Waals surface area contributed by atoms with Crippen LogP contribution < -0.4 is 5.32 Å². The highest BCUT2D eigenvalue weighted by molar-refractivity contribution is 5.85. The Morgan fingerprint density at radius 1 is 0.636 bits per heavy atom. The maximum absolute atomic E-state index is 9.39. The molecule has 6 heteroatoms. The van der Waals surface area contributed by atoms with Gasteiger partial charge in [-0.1, -0.05) is 12.1 Å². The molecule has 0 aliphatic rings. The molecule has 0 aliphatic carbocycles. The average Bonchev–Trinajstić information content (AvgIpc) is 2.46. The summed E-state index contributed by atoms with van der Waals surface area (Å²) in [4.78, 5) is 0. The molecule has 0 amide bonds. The molecule has 2 aromatic carbocycles. The van der Waals surface area contributed by atoms with Gasteiger partial charge in [-0.3, -0.25) is 0 Å². The highest BCUT2D eigenvalue weighted by atomic mass is 35.5. The van der Waals surface area contributed by atoms with Crippen LogP contribution in [0.2, 0.25) is 0 Å². The smallest absolute Gasteiger partial charge is 0.157 e. The van der Waals surface area contributed by atoms with Gasteiger partial charge < -0.3 is 25.7 Å². The molecule has 120 valence electrons. The van der Waals surface area contributed by atoms with Crippen molar-refractivity contribution in [2.45, 2.75) is 12.8 Å². The summed E-state index contributed by atoms with van der Waals surface area (Å²) in [5.74, 6) is -0.433. The summed E-state index contributed by atoms with van der Waals surface area (Å²) in [5, 5.41) is 40.5. The number of benzene rings is 2. The van der Waals surface area contributed by atoms with Gasteiger partial charge >= 0.3 is 0 Å². The minimum atomic E-state index is -0.112. The Hall–Kier alpha value is -2.11. The van der Waals surface area contributed by atoms with Crippen molar-refractivity contribution in [1.82, 2.24) is 5.32 Å². The van der Waals surface area contributed by atoms with Gasteiger partial charge in [-0.2, -0.15) is 0 Å². The molecule has 0 fully saturated rings. The molecule has 0 unspecified atom stereocenters. The van der Waals surface area contributed by atoms with Gasteiger partial charge in [0.05, 0.1) is 0 Å². The molecule has 5 N–H and O–H groups in total. The van der Waals surface area contributed by atoms with Crippen molar-refractivity contribution in [3.8, 4) is 23.0 Å². The van der Waals surface area contributed by atoms with E-state index in [9.17, 15) is 20.4 Å². The Balaban J connectivity index is 0.00000242. The fourth-order valence-corrected chi connectivity index (χ4v) is 2.04. The molecule has 5 nitrogen and oxygen atoms in total. The summed E-state index contributed by atoms with van der Waals surface area (Å²) in [6.45, 7) is 1.49. The molecule has 2 aromatic rings. The second kappa shape index (κ2) is 8.36. The van der Waals surface area contributed by atoms with Crippen LogP contribution in [0.5, 0.6) is 23.0 Å². The Bertz CT molecular complexity index is 566. The van der Waals surface area contributed by atoms with Crippen LogP contribution in [0, 0.1) is 0 Å². The van der Waals surface area contributed by atoms with Crippen LogP contribution in [0.1, 0.15) is 11.1 Å². The summed E-state index contributed by atoms with van der Waals surface area (Å²) in [7, 11) is 0. The van der Waals surface area contributed by atoms with Gasteiger partial charge in [-0.15, -0.1) is 12.4 Å². The van der Waals surface area contributed by atoms with Crippen molar-refractivity contribution in [2.24, 2.45) is 0 Å². The Labute approximate surface area is 135 Å².